The lowest BCUT2D eigenvalue weighted by Crippen LogP contribution is -2.34. The van der Waals surface area contributed by atoms with Crippen molar-refractivity contribution < 1.29 is 4.79 Å². The lowest BCUT2D eigenvalue weighted by molar-refractivity contribution is -0.124. The van der Waals surface area contributed by atoms with Crippen molar-refractivity contribution in [3.63, 3.8) is 0 Å². The number of rotatable bonds is 5. The summed E-state index contributed by atoms with van der Waals surface area (Å²) >= 11 is 1.59. The number of hydrogen-bond acceptors (Lipinski definition) is 4. The minimum absolute atomic E-state index is 0.111. The number of nitrogens with one attached hydrogen (secondary N) is 1. The summed E-state index contributed by atoms with van der Waals surface area (Å²) in [6.07, 6.45) is 4.25. The number of carbonyl (C=O) groups excluding carboxylic acids is 1. The highest BCUT2D eigenvalue weighted by atomic mass is 32.1. The zero-order valence-corrected chi connectivity index (χ0v) is 13.1. The molecule has 1 aliphatic carbocycles. The number of amides is 1. The topological polar surface area (TPSA) is 64.0 Å². The molecule has 2 heterocycles. The lowest BCUT2D eigenvalue weighted by atomic mass is 10.1. The highest BCUT2D eigenvalue weighted by Gasteiger charge is 2.21. The van der Waals surface area contributed by atoms with Gasteiger partial charge in [-0.2, -0.15) is 5.10 Å². The van der Waals surface area contributed by atoms with E-state index in [1.54, 1.807) is 17.4 Å². The van der Waals surface area contributed by atoms with Gasteiger partial charge in [-0.25, -0.2) is 4.68 Å². The first-order chi connectivity index (χ1) is 10.7. The highest BCUT2D eigenvalue weighted by Crippen LogP contribution is 2.24. The molecule has 1 saturated carbocycles. The van der Waals surface area contributed by atoms with Crippen molar-refractivity contribution in [1.29, 1.82) is 0 Å². The molecule has 0 spiro atoms. The average Bonchev–Trinajstić information content (AvgIpc) is 3.22. The smallest absolute Gasteiger partial charge is 0.266 e. The minimum Gasteiger partial charge on any atom is -0.354 e. The first-order valence-electron chi connectivity index (χ1n) is 7.64. The van der Waals surface area contributed by atoms with Gasteiger partial charge in [-0.1, -0.05) is 18.9 Å². The van der Waals surface area contributed by atoms with Crippen LogP contribution in [0.3, 0.4) is 0 Å². The second-order valence-electron chi connectivity index (χ2n) is 5.53. The van der Waals surface area contributed by atoms with Crippen molar-refractivity contribution in [3.05, 3.63) is 40.0 Å². The summed E-state index contributed by atoms with van der Waals surface area (Å²) in [5, 5.41) is 9.27. The van der Waals surface area contributed by atoms with Crippen molar-refractivity contribution in [1.82, 2.24) is 15.1 Å². The summed E-state index contributed by atoms with van der Waals surface area (Å²) in [7, 11) is 0. The van der Waals surface area contributed by atoms with Crippen LogP contribution in [-0.4, -0.2) is 22.2 Å². The summed E-state index contributed by atoms with van der Waals surface area (Å²) < 4.78 is 1.42. The Morgan fingerprint density at radius 2 is 2.14 bits per heavy atom. The Labute approximate surface area is 133 Å². The second-order valence-corrected chi connectivity index (χ2v) is 6.48. The van der Waals surface area contributed by atoms with Crippen molar-refractivity contribution in [2.75, 3.05) is 6.54 Å². The molecule has 0 bridgehead atoms. The molecule has 1 N–H and O–H groups in total. The fourth-order valence-corrected chi connectivity index (χ4v) is 3.47. The summed E-state index contributed by atoms with van der Waals surface area (Å²) in [5.41, 5.74) is 0.646. The van der Waals surface area contributed by atoms with Gasteiger partial charge in [-0.15, -0.1) is 11.3 Å². The molecule has 0 unspecified atom stereocenters. The summed E-state index contributed by atoms with van der Waals surface area (Å²) in [4.78, 5) is 24.9. The maximum atomic E-state index is 12.0. The summed E-state index contributed by atoms with van der Waals surface area (Å²) in [5.74, 6) is 0.266. The summed E-state index contributed by atoms with van der Waals surface area (Å²) in [6.45, 7) is 0.840. The van der Waals surface area contributed by atoms with Crippen LogP contribution in [0.5, 0.6) is 0 Å². The molecule has 2 aromatic heterocycles. The third kappa shape index (κ3) is 3.44. The van der Waals surface area contributed by atoms with Crippen LogP contribution in [0.25, 0.3) is 10.6 Å². The van der Waals surface area contributed by atoms with Gasteiger partial charge in [0.25, 0.3) is 5.56 Å². The molecule has 1 aliphatic rings. The molecule has 6 heteroatoms. The van der Waals surface area contributed by atoms with Crippen molar-refractivity contribution in [2.45, 2.75) is 32.2 Å². The molecular formula is C16H19N3O2S. The predicted octanol–water partition coefficient (Wildman–Crippen LogP) is 2.28. The highest BCUT2D eigenvalue weighted by molar-refractivity contribution is 7.13. The molecule has 2 aromatic rings. The number of carbonyl (C=O) groups is 1. The molecule has 5 nitrogen and oxygen atoms in total. The van der Waals surface area contributed by atoms with Gasteiger partial charge in [0.05, 0.1) is 11.4 Å². The van der Waals surface area contributed by atoms with E-state index in [9.17, 15) is 9.59 Å². The van der Waals surface area contributed by atoms with Crippen molar-refractivity contribution >= 4 is 17.2 Å². The quantitative estimate of drug-likeness (QED) is 0.920. The van der Waals surface area contributed by atoms with Gasteiger partial charge in [0.2, 0.25) is 5.91 Å². The Bertz CT molecular complexity index is 688. The van der Waals surface area contributed by atoms with Gasteiger partial charge < -0.3 is 5.32 Å². The standard InChI is InChI=1S/C16H19N3O2S/c20-15-8-7-13(14-6-3-11-22-14)18-19(15)10-9-17-16(21)12-4-1-2-5-12/h3,6-8,11-12H,1-2,4-5,9-10H2,(H,17,21). The molecule has 1 fully saturated rings. The monoisotopic (exact) mass is 317 g/mol. The van der Waals surface area contributed by atoms with E-state index in [1.165, 1.54) is 10.7 Å². The number of hydrogen-bond donors (Lipinski definition) is 1. The minimum atomic E-state index is -0.143. The Kier molecular flexibility index (Phi) is 4.68. The van der Waals surface area contributed by atoms with Crippen LogP contribution in [0.1, 0.15) is 25.7 Å². The fraction of sp³-hybridized carbons (Fsp3) is 0.438. The molecule has 1 amide bonds. The van der Waals surface area contributed by atoms with E-state index in [0.717, 1.165) is 36.3 Å². The van der Waals surface area contributed by atoms with E-state index in [4.69, 9.17) is 0 Å². The van der Waals surface area contributed by atoms with E-state index in [-0.39, 0.29) is 17.4 Å². The van der Waals surface area contributed by atoms with E-state index >= 15 is 0 Å². The first kappa shape index (κ1) is 15.0. The van der Waals surface area contributed by atoms with E-state index in [1.807, 2.05) is 17.5 Å². The Hall–Kier alpha value is -1.95. The third-order valence-electron chi connectivity index (χ3n) is 3.99. The number of thiophene rings is 1. The van der Waals surface area contributed by atoms with E-state index in [2.05, 4.69) is 10.4 Å². The zero-order valence-electron chi connectivity index (χ0n) is 12.3. The van der Waals surface area contributed by atoms with Gasteiger partial charge in [0.15, 0.2) is 0 Å². The Morgan fingerprint density at radius 3 is 2.86 bits per heavy atom. The molecular weight excluding hydrogens is 298 g/mol. The van der Waals surface area contributed by atoms with Crippen LogP contribution in [0.2, 0.25) is 0 Å². The average molecular weight is 317 g/mol. The van der Waals surface area contributed by atoms with Gasteiger partial charge in [-0.3, -0.25) is 9.59 Å². The Morgan fingerprint density at radius 1 is 1.32 bits per heavy atom. The van der Waals surface area contributed by atoms with Crippen LogP contribution in [0.15, 0.2) is 34.4 Å². The Balaban J connectivity index is 1.61. The second kappa shape index (κ2) is 6.87. The predicted molar refractivity (Wildman–Crippen MR) is 86.8 cm³/mol. The van der Waals surface area contributed by atoms with Gasteiger partial charge >= 0.3 is 0 Å². The third-order valence-corrected chi connectivity index (χ3v) is 4.88. The van der Waals surface area contributed by atoms with Crippen LogP contribution >= 0.6 is 11.3 Å². The molecule has 0 saturated heterocycles. The first-order valence-corrected chi connectivity index (χ1v) is 8.52. The normalized spacial score (nSPS) is 15.1. The molecule has 116 valence electrons. The number of aromatic nitrogens is 2. The number of nitrogens with zero attached hydrogens (tertiary/aromatic N) is 2. The van der Waals surface area contributed by atoms with Crippen LogP contribution in [0, 0.1) is 5.92 Å². The van der Waals surface area contributed by atoms with Crippen LogP contribution in [0.4, 0.5) is 0 Å². The molecule has 0 radical (unpaired) electrons. The van der Waals surface area contributed by atoms with Gasteiger partial charge in [-0.05, 0) is 30.4 Å². The molecule has 3 rings (SSSR count). The lowest BCUT2D eigenvalue weighted by Gasteiger charge is -2.11. The molecule has 0 aliphatic heterocycles. The molecule has 0 atom stereocenters. The molecule has 0 aromatic carbocycles. The van der Waals surface area contributed by atoms with Crippen LogP contribution in [-0.2, 0) is 11.3 Å². The van der Waals surface area contributed by atoms with Gasteiger partial charge in [0.1, 0.15) is 5.69 Å². The summed E-state index contributed by atoms with van der Waals surface area (Å²) in [6, 6.07) is 7.20. The largest absolute Gasteiger partial charge is 0.354 e. The van der Waals surface area contributed by atoms with Crippen molar-refractivity contribution in [2.24, 2.45) is 5.92 Å². The van der Waals surface area contributed by atoms with E-state index in [0.29, 0.717) is 13.1 Å². The SMILES string of the molecule is O=C(NCCn1nc(-c2cccs2)ccc1=O)C1CCCC1. The van der Waals surface area contributed by atoms with Crippen LogP contribution < -0.4 is 10.9 Å². The maximum Gasteiger partial charge on any atom is 0.266 e. The van der Waals surface area contributed by atoms with Crippen molar-refractivity contribution in [3.8, 4) is 10.6 Å². The zero-order chi connectivity index (χ0) is 15.4. The fourth-order valence-electron chi connectivity index (χ4n) is 2.78. The molecule has 22 heavy (non-hydrogen) atoms. The maximum absolute atomic E-state index is 12.0. The van der Waals surface area contributed by atoms with E-state index < -0.39 is 0 Å². The van der Waals surface area contributed by atoms with Gasteiger partial charge in [0, 0.05) is 18.5 Å².